The zero-order valence-corrected chi connectivity index (χ0v) is 17.2. The predicted molar refractivity (Wildman–Crippen MR) is 111 cm³/mol. The maximum Gasteiger partial charge on any atom is 0.222 e. The molecule has 1 unspecified atom stereocenters. The number of amides is 1. The highest BCUT2D eigenvalue weighted by molar-refractivity contribution is 5.84. The number of carbonyl (C=O) groups excluding carboxylic acids is 2. The van der Waals surface area contributed by atoms with E-state index in [1.807, 2.05) is 21.7 Å². The first-order chi connectivity index (χ1) is 14.7. The van der Waals surface area contributed by atoms with Crippen molar-refractivity contribution in [1.29, 1.82) is 0 Å². The highest BCUT2D eigenvalue weighted by atomic mass is 16.5. The molecule has 5 rings (SSSR count). The molecule has 1 atom stereocenters. The maximum atomic E-state index is 13.1. The van der Waals surface area contributed by atoms with E-state index in [0.717, 1.165) is 55.7 Å². The van der Waals surface area contributed by atoms with Crippen molar-refractivity contribution in [3.8, 4) is 11.3 Å². The van der Waals surface area contributed by atoms with Crippen LogP contribution in [0, 0.1) is 11.8 Å². The number of aromatic nitrogens is 3. The molecule has 7 nitrogen and oxygen atoms in total. The number of carbonyl (C=O) groups is 2. The second kappa shape index (κ2) is 8.30. The minimum atomic E-state index is -0.0700. The zero-order valence-electron chi connectivity index (χ0n) is 17.2. The first-order valence-electron chi connectivity index (χ1n) is 11.1. The highest BCUT2D eigenvalue weighted by Crippen LogP contribution is 2.40. The molecule has 0 spiro atoms. The molecular weight excluding hydrogens is 380 g/mol. The van der Waals surface area contributed by atoms with E-state index < -0.39 is 0 Å². The maximum absolute atomic E-state index is 13.1. The molecule has 3 aliphatic heterocycles. The third kappa shape index (κ3) is 3.67. The predicted octanol–water partition coefficient (Wildman–Crippen LogP) is 2.86. The standard InChI is InChI=1S/C23H28N4O3/c28-22(14-20-18-3-1-2-4-19(18)21-15-24-25-27(20)21)17-5-9-26(10-6-17)23(29)13-16-7-11-30-12-8-16/h1-4,15-17,20H,5-14H2. The van der Waals surface area contributed by atoms with Gasteiger partial charge in [0.2, 0.25) is 5.91 Å². The Bertz CT molecular complexity index is 926. The zero-order chi connectivity index (χ0) is 20.5. The number of hydrogen-bond donors (Lipinski definition) is 0. The van der Waals surface area contributed by atoms with Crippen molar-refractivity contribution in [2.75, 3.05) is 26.3 Å². The Morgan fingerprint density at radius 3 is 2.60 bits per heavy atom. The van der Waals surface area contributed by atoms with E-state index in [9.17, 15) is 9.59 Å². The Labute approximate surface area is 176 Å². The van der Waals surface area contributed by atoms with E-state index >= 15 is 0 Å². The van der Waals surface area contributed by atoms with Crippen LogP contribution in [0.4, 0.5) is 0 Å². The van der Waals surface area contributed by atoms with Gasteiger partial charge in [0, 0.05) is 50.6 Å². The van der Waals surface area contributed by atoms with Gasteiger partial charge in [0.05, 0.1) is 17.9 Å². The van der Waals surface area contributed by atoms with Crippen molar-refractivity contribution >= 4 is 11.7 Å². The van der Waals surface area contributed by atoms with Crippen LogP contribution in [-0.2, 0) is 14.3 Å². The van der Waals surface area contributed by atoms with Crippen molar-refractivity contribution in [2.24, 2.45) is 11.8 Å². The second-order valence-electron chi connectivity index (χ2n) is 8.75. The Morgan fingerprint density at radius 2 is 1.80 bits per heavy atom. The van der Waals surface area contributed by atoms with E-state index in [0.29, 0.717) is 31.8 Å². The SMILES string of the molecule is O=C(CC1c2ccccc2-c2cnnn21)C1CCN(C(=O)CC2CCOCC2)CC1. The number of ketones is 1. The summed E-state index contributed by atoms with van der Waals surface area (Å²) >= 11 is 0. The van der Waals surface area contributed by atoms with Gasteiger partial charge in [-0.1, -0.05) is 29.5 Å². The van der Waals surface area contributed by atoms with Crippen molar-refractivity contribution in [1.82, 2.24) is 19.9 Å². The molecule has 1 amide bonds. The van der Waals surface area contributed by atoms with Crippen LogP contribution in [0.5, 0.6) is 0 Å². The van der Waals surface area contributed by atoms with E-state index in [4.69, 9.17) is 4.74 Å². The van der Waals surface area contributed by atoms with Crippen LogP contribution < -0.4 is 0 Å². The largest absolute Gasteiger partial charge is 0.381 e. The lowest BCUT2D eigenvalue weighted by atomic mass is 9.87. The molecule has 0 N–H and O–H groups in total. The lowest BCUT2D eigenvalue weighted by Crippen LogP contribution is -2.41. The number of nitrogens with zero attached hydrogens (tertiary/aromatic N) is 4. The number of piperidine rings is 1. The van der Waals surface area contributed by atoms with Gasteiger partial charge >= 0.3 is 0 Å². The monoisotopic (exact) mass is 408 g/mol. The van der Waals surface area contributed by atoms with Gasteiger partial charge in [-0.2, -0.15) is 0 Å². The summed E-state index contributed by atoms with van der Waals surface area (Å²) in [5.41, 5.74) is 3.26. The number of ether oxygens (including phenoxy) is 1. The molecule has 0 radical (unpaired) electrons. The third-order valence-corrected chi connectivity index (χ3v) is 6.97. The van der Waals surface area contributed by atoms with Crippen molar-refractivity contribution < 1.29 is 14.3 Å². The summed E-state index contributed by atoms with van der Waals surface area (Å²) in [5.74, 6) is 0.987. The first-order valence-corrected chi connectivity index (χ1v) is 11.1. The molecule has 4 heterocycles. The molecule has 7 heteroatoms. The van der Waals surface area contributed by atoms with E-state index in [1.54, 1.807) is 6.20 Å². The number of fused-ring (bicyclic) bond motifs is 3. The van der Waals surface area contributed by atoms with Gasteiger partial charge in [0.1, 0.15) is 5.78 Å². The molecule has 0 saturated carbocycles. The number of Topliss-reactive ketones (excluding diaryl/α,β-unsaturated/α-hetero) is 1. The van der Waals surface area contributed by atoms with Crippen molar-refractivity contribution in [2.45, 2.75) is 44.6 Å². The summed E-state index contributed by atoms with van der Waals surface area (Å²) in [6.45, 7) is 2.92. The Balaban J connectivity index is 1.17. The van der Waals surface area contributed by atoms with Crippen molar-refractivity contribution in [3.63, 3.8) is 0 Å². The number of benzene rings is 1. The number of likely N-dealkylation sites (tertiary alicyclic amines) is 1. The van der Waals surface area contributed by atoms with Crippen LogP contribution in [0.2, 0.25) is 0 Å². The summed E-state index contributed by atoms with van der Waals surface area (Å²) in [4.78, 5) is 27.7. The molecule has 0 aliphatic carbocycles. The minimum Gasteiger partial charge on any atom is -0.381 e. The molecule has 2 saturated heterocycles. The average molecular weight is 409 g/mol. The van der Waals surface area contributed by atoms with E-state index in [1.165, 1.54) is 0 Å². The third-order valence-electron chi connectivity index (χ3n) is 6.97. The van der Waals surface area contributed by atoms with Gasteiger partial charge in [-0.25, -0.2) is 4.68 Å². The molecule has 30 heavy (non-hydrogen) atoms. The van der Waals surface area contributed by atoms with Crippen LogP contribution in [0.15, 0.2) is 30.5 Å². The molecule has 2 aromatic rings. The fraction of sp³-hybridized carbons (Fsp3) is 0.565. The van der Waals surface area contributed by atoms with Gasteiger partial charge in [0.25, 0.3) is 0 Å². The summed E-state index contributed by atoms with van der Waals surface area (Å²) in [6, 6.07) is 8.10. The summed E-state index contributed by atoms with van der Waals surface area (Å²) in [5, 5.41) is 8.27. The topological polar surface area (TPSA) is 77.3 Å². The fourth-order valence-corrected chi connectivity index (χ4v) is 5.15. The summed E-state index contributed by atoms with van der Waals surface area (Å²) in [6.07, 6.45) is 6.31. The highest BCUT2D eigenvalue weighted by Gasteiger charge is 2.34. The van der Waals surface area contributed by atoms with E-state index in [-0.39, 0.29) is 23.7 Å². The molecule has 3 aliphatic rings. The van der Waals surface area contributed by atoms with Crippen LogP contribution in [-0.4, -0.2) is 57.9 Å². The van der Waals surface area contributed by atoms with Crippen LogP contribution >= 0.6 is 0 Å². The lowest BCUT2D eigenvalue weighted by Gasteiger charge is -2.33. The molecular formula is C23H28N4O3. The van der Waals surface area contributed by atoms with Gasteiger partial charge < -0.3 is 9.64 Å². The number of rotatable bonds is 5. The van der Waals surface area contributed by atoms with E-state index in [2.05, 4.69) is 22.4 Å². The quantitative estimate of drug-likeness (QED) is 0.760. The van der Waals surface area contributed by atoms with Gasteiger partial charge in [0.15, 0.2) is 0 Å². The first kappa shape index (κ1) is 19.4. The Morgan fingerprint density at radius 1 is 1.03 bits per heavy atom. The second-order valence-corrected chi connectivity index (χ2v) is 8.75. The summed E-state index contributed by atoms with van der Waals surface area (Å²) < 4.78 is 7.27. The average Bonchev–Trinajstić information content (AvgIpc) is 3.37. The normalized spacial score (nSPS) is 22.0. The molecule has 1 aromatic heterocycles. The van der Waals surface area contributed by atoms with Gasteiger partial charge in [-0.05, 0) is 37.2 Å². The summed E-state index contributed by atoms with van der Waals surface area (Å²) in [7, 11) is 0. The smallest absolute Gasteiger partial charge is 0.222 e. The molecule has 158 valence electrons. The van der Waals surface area contributed by atoms with Crippen LogP contribution in [0.25, 0.3) is 11.3 Å². The lowest BCUT2D eigenvalue weighted by molar-refractivity contribution is -0.136. The molecule has 1 aromatic carbocycles. The molecule has 0 bridgehead atoms. The fourth-order valence-electron chi connectivity index (χ4n) is 5.15. The van der Waals surface area contributed by atoms with Gasteiger partial charge in [-0.3, -0.25) is 9.59 Å². The van der Waals surface area contributed by atoms with Crippen LogP contribution in [0.3, 0.4) is 0 Å². The Hall–Kier alpha value is -2.54. The number of hydrogen-bond acceptors (Lipinski definition) is 5. The molecule has 2 fully saturated rings. The van der Waals surface area contributed by atoms with Gasteiger partial charge in [-0.15, -0.1) is 5.10 Å². The Kier molecular flexibility index (Phi) is 5.37. The minimum absolute atomic E-state index is 0.0249. The van der Waals surface area contributed by atoms with Crippen molar-refractivity contribution in [3.05, 3.63) is 36.0 Å². The van der Waals surface area contributed by atoms with Crippen LogP contribution in [0.1, 0.15) is 50.1 Å².